The van der Waals surface area contributed by atoms with E-state index in [2.05, 4.69) is 4.98 Å². The molecule has 1 fully saturated rings. The van der Waals surface area contributed by atoms with Crippen LogP contribution in [0.3, 0.4) is 0 Å². The van der Waals surface area contributed by atoms with E-state index < -0.39 is 5.97 Å². The monoisotopic (exact) mass is 240 g/mol. The minimum Gasteiger partial charge on any atom is -0.461 e. The fourth-order valence-electron chi connectivity index (χ4n) is 1.80. The molecule has 0 amide bonds. The molecule has 94 valence electrons. The molecule has 0 N–H and O–H groups in total. The number of nitrogens with zero attached hydrogens (tertiary/aromatic N) is 2. The van der Waals surface area contributed by atoms with E-state index in [1.165, 1.54) is 6.26 Å². The summed E-state index contributed by atoms with van der Waals surface area (Å²) >= 11 is 0. The number of anilines is 1. The third-order valence-corrected chi connectivity index (χ3v) is 2.73. The standard InChI is InChI=1S/C11H16N2O4/c1-3-16-10(14)9-7-17-11(12-9)13-5-4-8(6-13)15-2/h7-8H,3-6H2,1-2H3. The molecule has 0 bridgehead atoms. The Morgan fingerprint density at radius 2 is 2.53 bits per heavy atom. The molecule has 0 radical (unpaired) electrons. The van der Waals surface area contributed by atoms with Crippen LogP contribution in [0, 0.1) is 0 Å². The lowest BCUT2D eigenvalue weighted by atomic mass is 10.3. The van der Waals surface area contributed by atoms with Gasteiger partial charge in [0.05, 0.1) is 12.7 Å². The molecule has 1 unspecified atom stereocenters. The van der Waals surface area contributed by atoms with Gasteiger partial charge in [0.1, 0.15) is 6.26 Å². The predicted octanol–water partition coefficient (Wildman–Crippen LogP) is 1.08. The van der Waals surface area contributed by atoms with E-state index in [4.69, 9.17) is 13.9 Å². The van der Waals surface area contributed by atoms with Gasteiger partial charge in [-0.15, -0.1) is 0 Å². The van der Waals surface area contributed by atoms with Crippen molar-refractivity contribution < 1.29 is 18.7 Å². The van der Waals surface area contributed by atoms with Crippen LogP contribution in [0.15, 0.2) is 10.7 Å². The first-order chi connectivity index (χ1) is 8.24. The van der Waals surface area contributed by atoms with Crippen molar-refractivity contribution >= 4 is 12.0 Å². The number of rotatable bonds is 4. The van der Waals surface area contributed by atoms with Crippen LogP contribution < -0.4 is 4.90 Å². The third-order valence-electron chi connectivity index (χ3n) is 2.73. The first kappa shape index (κ1) is 11.9. The predicted molar refractivity (Wildman–Crippen MR) is 60.1 cm³/mol. The maximum Gasteiger partial charge on any atom is 0.360 e. The van der Waals surface area contributed by atoms with E-state index in [0.717, 1.165) is 19.5 Å². The molecule has 1 aliphatic heterocycles. The SMILES string of the molecule is CCOC(=O)c1coc(N2CCC(OC)C2)n1. The minimum absolute atomic E-state index is 0.202. The Kier molecular flexibility index (Phi) is 3.63. The lowest BCUT2D eigenvalue weighted by Crippen LogP contribution is -2.22. The number of ether oxygens (including phenoxy) is 2. The van der Waals surface area contributed by atoms with E-state index in [9.17, 15) is 4.79 Å². The summed E-state index contributed by atoms with van der Waals surface area (Å²) in [6.07, 6.45) is 2.47. The van der Waals surface area contributed by atoms with Gasteiger partial charge in [-0.2, -0.15) is 4.98 Å². The Morgan fingerprint density at radius 3 is 3.18 bits per heavy atom. The molecule has 1 aliphatic rings. The Labute approximate surface area is 99.5 Å². The maximum absolute atomic E-state index is 11.4. The Balaban J connectivity index is 2.01. The average molecular weight is 240 g/mol. The summed E-state index contributed by atoms with van der Waals surface area (Å²) in [5.41, 5.74) is 0.211. The van der Waals surface area contributed by atoms with Gasteiger partial charge in [-0.05, 0) is 13.3 Å². The van der Waals surface area contributed by atoms with Crippen molar-refractivity contribution in [3.63, 3.8) is 0 Å². The summed E-state index contributed by atoms with van der Waals surface area (Å²) in [5.74, 6) is -0.454. The van der Waals surface area contributed by atoms with Crippen LogP contribution in [0.25, 0.3) is 0 Å². The Hall–Kier alpha value is -1.56. The summed E-state index contributed by atoms with van der Waals surface area (Å²) < 4.78 is 15.4. The number of aromatic nitrogens is 1. The second-order valence-electron chi connectivity index (χ2n) is 3.83. The summed E-state index contributed by atoms with van der Waals surface area (Å²) in [6.45, 7) is 3.64. The van der Waals surface area contributed by atoms with Gasteiger partial charge >= 0.3 is 5.97 Å². The van der Waals surface area contributed by atoms with Crippen LogP contribution in [0.1, 0.15) is 23.8 Å². The first-order valence-electron chi connectivity index (χ1n) is 5.65. The molecule has 0 saturated carbocycles. The zero-order chi connectivity index (χ0) is 12.3. The van der Waals surface area contributed by atoms with E-state index in [0.29, 0.717) is 12.6 Å². The average Bonchev–Trinajstić information content (AvgIpc) is 2.98. The number of oxazole rings is 1. The first-order valence-corrected chi connectivity index (χ1v) is 5.65. The third kappa shape index (κ3) is 2.58. The van der Waals surface area contributed by atoms with Crippen LogP contribution in [0.4, 0.5) is 6.01 Å². The zero-order valence-electron chi connectivity index (χ0n) is 10.0. The van der Waals surface area contributed by atoms with E-state index >= 15 is 0 Å². The fourth-order valence-corrected chi connectivity index (χ4v) is 1.80. The van der Waals surface area contributed by atoms with Gasteiger partial charge in [0, 0.05) is 20.2 Å². The van der Waals surface area contributed by atoms with Gasteiger partial charge in [-0.25, -0.2) is 4.79 Å². The molecule has 0 aliphatic carbocycles. The van der Waals surface area contributed by atoms with Gasteiger partial charge < -0.3 is 18.8 Å². The zero-order valence-corrected chi connectivity index (χ0v) is 10.0. The Morgan fingerprint density at radius 1 is 1.71 bits per heavy atom. The molecule has 0 aromatic carbocycles. The highest BCUT2D eigenvalue weighted by Gasteiger charge is 2.26. The highest BCUT2D eigenvalue weighted by Crippen LogP contribution is 2.21. The van der Waals surface area contributed by atoms with Gasteiger partial charge in [0.15, 0.2) is 5.69 Å². The summed E-state index contributed by atoms with van der Waals surface area (Å²) in [5, 5.41) is 0. The van der Waals surface area contributed by atoms with Crippen LogP contribution >= 0.6 is 0 Å². The quantitative estimate of drug-likeness (QED) is 0.734. The molecule has 1 aromatic heterocycles. The van der Waals surface area contributed by atoms with Gasteiger partial charge in [0.2, 0.25) is 0 Å². The minimum atomic E-state index is -0.454. The highest BCUT2D eigenvalue weighted by molar-refractivity contribution is 5.87. The van der Waals surface area contributed by atoms with Crippen molar-refractivity contribution in [3.8, 4) is 0 Å². The van der Waals surface area contributed by atoms with Crippen molar-refractivity contribution in [3.05, 3.63) is 12.0 Å². The van der Waals surface area contributed by atoms with Gasteiger partial charge in [-0.1, -0.05) is 0 Å². The maximum atomic E-state index is 11.4. The summed E-state index contributed by atoms with van der Waals surface area (Å²) in [7, 11) is 1.69. The molecule has 2 rings (SSSR count). The van der Waals surface area contributed by atoms with E-state index in [1.807, 2.05) is 4.90 Å². The van der Waals surface area contributed by atoms with Crippen molar-refractivity contribution in [1.82, 2.24) is 4.98 Å². The van der Waals surface area contributed by atoms with E-state index in [-0.39, 0.29) is 11.8 Å². The molecule has 1 atom stereocenters. The largest absolute Gasteiger partial charge is 0.461 e. The number of carbonyl (C=O) groups is 1. The van der Waals surface area contributed by atoms with Crippen molar-refractivity contribution in [2.45, 2.75) is 19.4 Å². The molecular formula is C11H16N2O4. The molecule has 6 nitrogen and oxygen atoms in total. The fraction of sp³-hybridized carbons (Fsp3) is 0.636. The summed E-state index contributed by atoms with van der Waals surface area (Å²) in [6, 6.07) is 0.451. The Bertz CT molecular complexity index is 391. The van der Waals surface area contributed by atoms with Crippen LogP contribution in [0.2, 0.25) is 0 Å². The number of methoxy groups -OCH3 is 1. The van der Waals surface area contributed by atoms with Crippen LogP contribution in [-0.4, -0.2) is 43.9 Å². The van der Waals surface area contributed by atoms with E-state index in [1.54, 1.807) is 14.0 Å². The molecule has 1 saturated heterocycles. The number of carbonyl (C=O) groups excluding carboxylic acids is 1. The van der Waals surface area contributed by atoms with Crippen molar-refractivity contribution in [2.24, 2.45) is 0 Å². The smallest absolute Gasteiger partial charge is 0.360 e. The topological polar surface area (TPSA) is 64.8 Å². The number of hydrogen-bond acceptors (Lipinski definition) is 6. The highest BCUT2D eigenvalue weighted by atomic mass is 16.5. The molecule has 17 heavy (non-hydrogen) atoms. The van der Waals surface area contributed by atoms with Gasteiger partial charge in [-0.3, -0.25) is 0 Å². The molecule has 0 spiro atoms. The second kappa shape index (κ2) is 5.18. The van der Waals surface area contributed by atoms with Gasteiger partial charge in [0.25, 0.3) is 6.01 Å². The molecular weight excluding hydrogens is 224 g/mol. The molecule has 1 aromatic rings. The van der Waals surface area contributed by atoms with Crippen molar-refractivity contribution in [1.29, 1.82) is 0 Å². The van der Waals surface area contributed by atoms with Crippen LogP contribution in [-0.2, 0) is 9.47 Å². The normalized spacial score (nSPS) is 19.6. The number of hydrogen-bond donors (Lipinski definition) is 0. The summed E-state index contributed by atoms with van der Waals surface area (Å²) in [4.78, 5) is 17.5. The lowest BCUT2D eigenvalue weighted by Gasteiger charge is -2.12. The van der Waals surface area contributed by atoms with Crippen molar-refractivity contribution in [2.75, 3.05) is 31.7 Å². The molecule has 2 heterocycles. The lowest BCUT2D eigenvalue weighted by molar-refractivity contribution is 0.0519. The van der Waals surface area contributed by atoms with Crippen LogP contribution in [0.5, 0.6) is 0 Å². The second-order valence-corrected chi connectivity index (χ2v) is 3.83. The molecule has 6 heteroatoms. The number of esters is 1.